The third-order valence-electron chi connectivity index (χ3n) is 4.45. The molecular weight excluding hydrogens is 280 g/mol. The van der Waals surface area contributed by atoms with Gasteiger partial charge in [0.25, 0.3) is 0 Å². The van der Waals surface area contributed by atoms with Gasteiger partial charge in [-0.25, -0.2) is 4.98 Å². The Balaban J connectivity index is 1.74. The topological polar surface area (TPSA) is 62.7 Å². The van der Waals surface area contributed by atoms with Crippen molar-refractivity contribution in [3.05, 3.63) is 17.8 Å². The molecule has 1 aliphatic heterocycles. The van der Waals surface area contributed by atoms with E-state index in [1.54, 1.807) is 11.1 Å². The van der Waals surface area contributed by atoms with Gasteiger partial charge in [0.1, 0.15) is 11.6 Å². The highest BCUT2D eigenvalue weighted by Gasteiger charge is 2.40. The summed E-state index contributed by atoms with van der Waals surface area (Å²) in [5.41, 5.74) is 0.525. The largest absolute Gasteiger partial charge is 0.492 e. The molecule has 2 heterocycles. The number of aromatic nitrogens is 1. The van der Waals surface area contributed by atoms with Crippen molar-refractivity contribution in [1.82, 2.24) is 4.98 Å². The standard InChI is InChI=1S/C17H24N2O3/c1-3-6-22-14-7-13-4-5-15(20)19(16(13)18-10-14)11-12-8-17(2,21)9-12/h7,10,12,21H,3-6,8-9,11H2,1-2H3. The quantitative estimate of drug-likeness (QED) is 0.906. The Bertz CT molecular complexity index is 563. The lowest BCUT2D eigenvalue weighted by Crippen LogP contribution is -2.48. The molecule has 3 rings (SSSR count). The van der Waals surface area contributed by atoms with Crippen LogP contribution in [0.15, 0.2) is 12.3 Å². The minimum atomic E-state index is -0.558. The molecule has 0 saturated heterocycles. The van der Waals surface area contributed by atoms with Crippen LogP contribution in [0.25, 0.3) is 0 Å². The van der Waals surface area contributed by atoms with Crippen molar-refractivity contribution in [2.75, 3.05) is 18.1 Å². The Kier molecular flexibility index (Phi) is 4.08. The number of rotatable bonds is 5. The number of anilines is 1. The van der Waals surface area contributed by atoms with E-state index < -0.39 is 5.60 Å². The summed E-state index contributed by atoms with van der Waals surface area (Å²) in [5, 5.41) is 9.86. The maximum absolute atomic E-state index is 12.2. The number of pyridine rings is 1. The predicted octanol–water partition coefficient (Wildman–Crippen LogP) is 2.31. The third kappa shape index (κ3) is 3.09. The van der Waals surface area contributed by atoms with E-state index in [1.165, 1.54) is 0 Å². The maximum atomic E-state index is 12.2. The smallest absolute Gasteiger partial charge is 0.228 e. The molecule has 0 radical (unpaired) electrons. The van der Waals surface area contributed by atoms with Crippen LogP contribution >= 0.6 is 0 Å². The maximum Gasteiger partial charge on any atom is 0.228 e. The second-order valence-electron chi connectivity index (χ2n) is 6.78. The van der Waals surface area contributed by atoms with Gasteiger partial charge >= 0.3 is 0 Å². The van der Waals surface area contributed by atoms with Gasteiger partial charge in [-0.1, -0.05) is 6.92 Å². The van der Waals surface area contributed by atoms with Gasteiger partial charge < -0.3 is 9.84 Å². The van der Waals surface area contributed by atoms with E-state index in [1.807, 2.05) is 13.0 Å². The molecule has 1 aromatic heterocycles. The summed E-state index contributed by atoms with van der Waals surface area (Å²) in [7, 11) is 0. The Morgan fingerprint density at radius 2 is 2.23 bits per heavy atom. The summed E-state index contributed by atoms with van der Waals surface area (Å²) >= 11 is 0. The van der Waals surface area contributed by atoms with Crippen LogP contribution in [-0.4, -0.2) is 34.8 Å². The van der Waals surface area contributed by atoms with E-state index in [9.17, 15) is 9.90 Å². The highest BCUT2D eigenvalue weighted by atomic mass is 16.5. The first kappa shape index (κ1) is 15.3. The van der Waals surface area contributed by atoms with Gasteiger partial charge in [0.2, 0.25) is 5.91 Å². The van der Waals surface area contributed by atoms with Gasteiger partial charge in [-0.15, -0.1) is 0 Å². The fraction of sp³-hybridized carbons (Fsp3) is 0.647. The van der Waals surface area contributed by atoms with Crippen molar-refractivity contribution >= 4 is 11.7 Å². The van der Waals surface area contributed by atoms with Crippen LogP contribution in [0.4, 0.5) is 5.82 Å². The van der Waals surface area contributed by atoms with Crippen LogP contribution < -0.4 is 9.64 Å². The molecule has 2 aliphatic rings. The van der Waals surface area contributed by atoms with Gasteiger partial charge in [0.15, 0.2) is 0 Å². The van der Waals surface area contributed by atoms with Gasteiger partial charge in [0.05, 0.1) is 18.4 Å². The van der Waals surface area contributed by atoms with E-state index in [0.717, 1.165) is 42.8 Å². The molecule has 0 aromatic carbocycles. The average Bonchev–Trinajstić information content (AvgIpc) is 2.46. The fourth-order valence-electron chi connectivity index (χ4n) is 3.46. The molecule has 120 valence electrons. The van der Waals surface area contributed by atoms with Crippen molar-refractivity contribution in [2.24, 2.45) is 5.92 Å². The lowest BCUT2D eigenvalue weighted by molar-refractivity contribution is -0.120. The lowest BCUT2D eigenvalue weighted by Gasteiger charge is -2.43. The Hall–Kier alpha value is -1.62. The highest BCUT2D eigenvalue weighted by Crippen LogP contribution is 2.39. The molecule has 22 heavy (non-hydrogen) atoms. The van der Waals surface area contributed by atoms with Gasteiger partial charge in [-0.3, -0.25) is 9.69 Å². The number of aliphatic hydroxyl groups is 1. The average molecular weight is 304 g/mol. The molecule has 0 atom stereocenters. The molecule has 1 amide bonds. The van der Waals surface area contributed by atoms with Crippen molar-refractivity contribution < 1.29 is 14.6 Å². The molecule has 1 aromatic rings. The molecule has 1 N–H and O–H groups in total. The summed E-state index contributed by atoms with van der Waals surface area (Å²) in [6, 6.07) is 2.01. The van der Waals surface area contributed by atoms with Crippen LogP contribution in [0.5, 0.6) is 5.75 Å². The number of aryl methyl sites for hydroxylation is 1. The number of amides is 1. The first-order valence-corrected chi connectivity index (χ1v) is 8.13. The Labute approximate surface area is 131 Å². The highest BCUT2D eigenvalue weighted by molar-refractivity contribution is 5.95. The number of carbonyl (C=O) groups is 1. The molecule has 0 bridgehead atoms. The molecular formula is C17H24N2O3. The number of nitrogens with zero attached hydrogens (tertiary/aromatic N) is 2. The summed E-state index contributed by atoms with van der Waals surface area (Å²) < 4.78 is 5.63. The minimum Gasteiger partial charge on any atom is -0.492 e. The molecule has 5 nitrogen and oxygen atoms in total. The van der Waals surface area contributed by atoms with Crippen molar-refractivity contribution in [3.63, 3.8) is 0 Å². The van der Waals surface area contributed by atoms with E-state index in [-0.39, 0.29) is 5.91 Å². The zero-order chi connectivity index (χ0) is 15.7. The van der Waals surface area contributed by atoms with E-state index >= 15 is 0 Å². The van der Waals surface area contributed by atoms with E-state index in [0.29, 0.717) is 25.5 Å². The monoisotopic (exact) mass is 304 g/mol. The summed E-state index contributed by atoms with van der Waals surface area (Å²) in [6.45, 7) is 5.26. The minimum absolute atomic E-state index is 0.133. The SMILES string of the molecule is CCCOc1cnc2c(c1)CCC(=O)N2CC1CC(C)(O)C1. The summed E-state index contributed by atoms with van der Waals surface area (Å²) in [6.07, 6.45) is 5.42. The molecule has 1 aliphatic carbocycles. The number of fused-ring (bicyclic) bond motifs is 1. The second kappa shape index (κ2) is 5.88. The van der Waals surface area contributed by atoms with Crippen LogP contribution in [-0.2, 0) is 11.2 Å². The van der Waals surface area contributed by atoms with Crippen LogP contribution in [0.1, 0.15) is 45.1 Å². The predicted molar refractivity (Wildman–Crippen MR) is 84.0 cm³/mol. The van der Waals surface area contributed by atoms with Crippen molar-refractivity contribution in [2.45, 2.75) is 51.6 Å². The summed E-state index contributed by atoms with van der Waals surface area (Å²) in [4.78, 5) is 18.5. The van der Waals surface area contributed by atoms with E-state index in [2.05, 4.69) is 11.9 Å². The van der Waals surface area contributed by atoms with Gasteiger partial charge in [-0.2, -0.15) is 0 Å². The molecule has 1 saturated carbocycles. The zero-order valence-corrected chi connectivity index (χ0v) is 13.3. The number of hydrogen-bond donors (Lipinski definition) is 1. The molecule has 1 fully saturated rings. The van der Waals surface area contributed by atoms with Gasteiger partial charge in [0, 0.05) is 13.0 Å². The number of hydrogen-bond acceptors (Lipinski definition) is 4. The van der Waals surface area contributed by atoms with Crippen LogP contribution in [0.2, 0.25) is 0 Å². The van der Waals surface area contributed by atoms with E-state index in [4.69, 9.17) is 4.74 Å². The Morgan fingerprint density at radius 1 is 1.45 bits per heavy atom. The molecule has 0 unspecified atom stereocenters. The van der Waals surface area contributed by atoms with Gasteiger partial charge in [-0.05, 0) is 50.2 Å². The fourth-order valence-corrected chi connectivity index (χ4v) is 3.46. The first-order chi connectivity index (χ1) is 10.5. The molecule has 5 heteroatoms. The van der Waals surface area contributed by atoms with Crippen LogP contribution in [0, 0.1) is 5.92 Å². The number of ether oxygens (including phenoxy) is 1. The molecule has 0 spiro atoms. The summed E-state index contributed by atoms with van der Waals surface area (Å²) in [5.74, 6) is 2.05. The van der Waals surface area contributed by atoms with Crippen molar-refractivity contribution in [3.8, 4) is 5.75 Å². The van der Waals surface area contributed by atoms with Crippen LogP contribution in [0.3, 0.4) is 0 Å². The third-order valence-corrected chi connectivity index (χ3v) is 4.45. The Morgan fingerprint density at radius 3 is 2.91 bits per heavy atom. The van der Waals surface area contributed by atoms with Crippen molar-refractivity contribution in [1.29, 1.82) is 0 Å². The lowest BCUT2D eigenvalue weighted by atomic mass is 9.72. The zero-order valence-electron chi connectivity index (χ0n) is 13.3. The normalized spacial score (nSPS) is 27.3. The first-order valence-electron chi connectivity index (χ1n) is 8.13. The second-order valence-corrected chi connectivity index (χ2v) is 6.78. The number of carbonyl (C=O) groups excluding carboxylic acids is 1.